The van der Waals surface area contributed by atoms with Crippen molar-refractivity contribution in [3.05, 3.63) is 71.8 Å². The summed E-state index contributed by atoms with van der Waals surface area (Å²) in [6.07, 6.45) is 4.52. The lowest BCUT2D eigenvalue weighted by Crippen LogP contribution is -2.36. The summed E-state index contributed by atoms with van der Waals surface area (Å²) in [5, 5.41) is 0. The molecule has 0 bridgehead atoms. The molecule has 0 saturated carbocycles. The average Bonchev–Trinajstić information content (AvgIpc) is 2.68. The maximum Gasteiger partial charge on any atom is 0.320 e. The topological polar surface area (TPSA) is 26.3 Å². The van der Waals surface area contributed by atoms with E-state index in [1.54, 1.807) is 0 Å². The fourth-order valence-corrected chi connectivity index (χ4v) is 3.18. The molecule has 0 aliphatic carbocycles. The van der Waals surface area contributed by atoms with Gasteiger partial charge in [-0.05, 0) is 30.4 Å². The van der Waals surface area contributed by atoms with Crippen LogP contribution in [0.15, 0.2) is 60.7 Å². The molecule has 0 aromatic heterocycles. The molecule has 0 spiro atoms. The Morgan fingerprint density at radius 1 is 0.960 bits per heavy atom. The zero-order chi connectivity index (χ0) is 18.1. The van der Waals surface area contributed by atoms with E-state index in [4.69, 9.17) is 4.74 Å². The smallest absolute Gasteiger partial charge is 0.320 e. The first-order valence-corrected chi connectivity index (χ1v) is 9.41. The minimum atomic E-state index is -0.786. The summed E-state index contributed by atoms with van der Waals surface area (Å²) >= 11 is 0. The Morgan fingerprint density at radius 3 is 1.92 bits per heavy atom. The highest BCUT2D eigenvalue weighted by molar-refractivity contribution is 5.87. The fraction of sp³-hybridized carbons (Fsp3) is 0.435. The molecular formula is C23H30O2. The zero-order valence-corrected chi connectivity index (χ0v) is 15.7. The predicted molar refractivity (Wildman–Crippen MR) is 104 cm³/mol. The van der Waals surface area contributed by atoms with E-state index < -0.39 is 5.41 Å². The van der Waals surface area contributed by atoms with E-state index in [1.807, 2.05) is 67.6 Å². The lowest BCUT2D eigenvalue weighted by molar-refractivity contribution is -0.150. The van der Waals surface area contributed by atoms with Crippen LogP contribution in [0.3, 0.4) is 0 Å². The second kappa shape index (κ2) is 9.41. The van der Waals surface area contributed by atoms with Gasteiger partial charge in [-0.2, -0.15) is 0 Å². The van der Waals surface area contributed by atoms with Crippen LogP contribution in [-0.2, 0) is 14.9 Å². The molecule has 25 heavy (non-hydrogen) atoms. The lowest BCUT2D eigenvalue weighted by atomic mass is 9.76. The van der Waals surface area contributed by atoms with E-state index >= 15 is 0 Å². The Hall–Kier alpha value is -2.09. The van der Waals surface area contributed by atoms with Gasteiger partial charge in [-0.15, -0.1) is 0 Å². The van der Waals surface area contributed by atoms with Crippen molar-refractivity contribution in [2.75, 3.05) is 6.61 Å². The van der Waals surface area contributed by atoms with Gasteiger partial charge in [-0.3, -0.25) is 4.79 Å². The Balaban J connectivity index is 2.23. The number of hydrogen-bond donors (Lipinski definition) is 0. The van der Waals surface area contributed by atoms with Crippen LogP contribution in [-0.4, -0.2) is 12.6 Å². The van der Waals surface area contributed by atoms with Crippen molar-refractivity contribution in [1.29, 1.82) is 0 Å². The molecule has 134 valence electrons. The van der Waals surface area contributed by atoms with Gasteiger partial charge < -0.3 is 4.74 Å². The van der Waals surface area contributed by atoms with Gasteiger partial charge in [0.1, 0.15) is 5.41 Å². The molecule has 0 fully saturated rings. The molecule has 1 unspecified atom stereocenters. The number of ether oxygens (including phenoxy) is 1. The minimum absolute atomic E-state index is 0.167. The number of carbonyl (C=O) groups excluding carboxylic acids is 1. The highest BCUT2D eigenvalue weighted by Gasteiger charge is 2.38. The molecule has 0 heterocycles. The van der Waals surface area contributed by atoms with Crippen molar-refractivity contribution in [3.63, 3.8) is 0 Å². The second-order valence-electron chi connectivity index (χ2n) is 6.87. The summed E-state index contributed by atoms with van der Waals surface area (Å²) in [5.74, 6) is 0.277. The van der Waals surface area contributed by atoms with E-state index in [1.165, 1.54) is 12.8 Å². The van der Waals surface area contributed by atoms with Crippen LogP contribution in [0.1, 0.15) is 57.6 Å². The SMILES string of the molecule is CCCCC(CC)COC(=O)C(C)(c1ccccc1)c1ccccc1. The first-order chi connectivity index (χ1) is 12.1. The molecule has 2 aromatic rings. The van der Waals surface area contributed by atoms with Crippen molar-refractivity contribution >= 4 is 5.97 Å². The maximum absolute atomic E-state index is 13.1. The van der Waals surface area contributed by atoms with Crippen molar-refractivity contribution in [3.8, 4) is 0 Å². The van der Waals surface area contributed by atoms with E-state index in [-0.39, 0.29) is 5.97 Å². The number of rotatable bonds is 9. The van der Waals surface area contributed by atoms with Crippen LogP contribution in [0.4, 0.5) is 0 Å². The van der Waals surface area contributed by atoms with Crippen molar-refractivity contribution in [1.82, 2.24) is 0 Å². The second-order valence-corrected chi connectivity index (χ2v) is 6.87. The third kappa shape index (κ3) is 4.72. The Kier molecular flexibility index (Phi) is 7.24. The fourth-order valence-electron chi connectivity index (χ4n) is 3.18. The first-order valence-electron chi connectivity index (χ1n) is 9.41. The molecule has 1 atom stereocenters. The largest absolute Gasteiger partial charge is 0.464 e. The van der Waals surface area contributed by atoms with Gasteiger partial charge in [0.15, 0.2) is 0 Å². The van der Waals surface area contributed by atoms with Gasteiger partial charge in [0.25, 0.3) is 0 Å². The normalized spacial score (nSPS) is 12.6. The van der Waals surface area contributed by atoms with E-state index in [0.717, 1.165) is 24.0 Å². The quantitative estimate of drug-likeness (QED) is 0.544. The maximum atomic E-state index is 13.1. The summed E-state index contributed by atoms with van der Waals surface area (Å²) in [6.45, 7) is 6.83. The third-order valence-electron chi connectivity index (χ3n) is 5.10. The van der Waals surface area contributed by atoms with Crippen LogP contribution in [0.2, 0.25) is 0 Å². The van der Waals surface area contributed by atoms with Crippen LogP contribution in [0, 0.1) is 5.92 Å². The molecule has 0 radical (unpaired) electrons. The highest BCUT2D eigenvalue weighted by Crippen LogP contribution is 2.33. The Bertz CT molecular complexity index is 594. The van der Waals surface area contributed by atoms with Gasteiger partial charge in [-0.25, -0.2) is 0 Å². The highest BCUT2D eigenvalue weighted by atomic mass is 16.5. The average molecular weight is 338 g/mol. The van der Waals surface area contributed by atoms with E-state index in [2.05, 4.69) is 13.8 Å². The Labute approximate surface area is 152 Å². The molecule has 2 heteroatoms. The first kappa shape index (κ1) is 19.2. The molecule has 2 aromatic carbocycles. The molecule has 0 amide bonds. The lowest BCUT2D eigenvalue weighted by Gasteiger charge is -2.29. The molecular weight excluding hydrogens is 308 g/mol. The third-order valence-corrected chi connectivity index (χ3v) is 5.10. The summed E-state index contributed by atoms with van der Waals surface area (Å²) in [6, 6.07) is 19.8. The molecule has 2 nitrogen and oxygen atoms in total. The number of esters is 1. The number of carbonyl (C=O) groups is 1. The van der Waals surface area contributed by atoms with E-state index in [9.17, 15) is 4.79 Å². The summed E-state index contributed by atoms with van der Waals surface area (Å²) in [7, 11) is 0. The Morgan fingerprint density at radius 2 is 1.48 bits per heavy atom. The number of benzene rings is 2. The van der Waals surface area contributed by atoms with Crippen molar-refractivity contribution in [2.24, 2.45) is 5.92 Å². The summed E-state index contributed by atoms with van der Waals surface area (Å²) in [4.78, 5) is 13.1. The van der Waals surface area contributed by atoms with Crippen LogP contribution in [0.25, 0.3) is 0 Å². The van der Waals surface area contributed by atoms with Crippen LogP contribution in [0.5, 0.6) is 0 Å². The summed E-state index contributed by atoms with van der Waals surface area (Å²) < 4.78 is 5.83. The molecule has 0 saturated heterocycles. The molecule has 0 aliphatic rings. The zero-order valence-electron chi connectivity index (χ0n) is 15.7. The summed E-state index contributed by atoms with van der Waals surface area (Å²) in [5.41, 5.74) is 1.14. The standard InChI is InChI=1S/C23H30O2/c1-4-6-13-19(5-2)18-25-22(24)23(3,20-14-9-7-10-15-20)21-16-11-8-12-17-21/h7-12,14-17,19H,4-6,13,18H2,1-3H3. The molecule has 0 aliphatic heterocycles. The van der Waals surface area contributed by atoms with Crippen molar-refractivity contribution < 1.29 is 9.53 Å². The van der Waals surface area contributed by atoms with Crippen LogP contribution < -0.4 is 0 Å². The number of hydrogen-bond acceptors (Lipinski definition) is 2. The van der Waals surface area contributed by atoms with Gasteiger partial charge in [0.2, 0.25) is 0 Å². The van der Waals surface area contributed by atoms with Gasteiger partial charge >= 0.3 is 5.97 Å². The molecule has 2 rings (SSSR count). The van der Waals surface area contributed by atoms with E-state index in [0.29, 0.717) is 12.5 Å². The monoisotopic (exact) mass is 338 g/mol. The van der Waals surface area contributed by atoms with Gasteiger partial charge in [0.05, 0.1) is 6.61 Å². The van der Waals surface area contributed by atoms with Crippen molar-refractivity contribution in [2.45, 2.75) is 51.9 Å². The van der Waals surface area contributed by atoms with Crippen LogP contribution >= 0.6 is 0 Å². The van der Waals surface area contributed by atoms with Gasteiger partial charge in [-0.1, -0.05) is 93.8 Å². The molecule has 0 N–H and O–H groups in total. The predicted octanol–water partition coefficient (Wildman–Crippen LogP) is 5.75. The van der Waals surface area contributed by atoms with Gasteiger partial charge in [0, 0.05) is 0 Å². The minimum Gasteiger partial charge on any atom is -0.464 e. The number of unbranched alkanes of at least 4 members (excludes halogenated alkanes) is 1.